The lowest BCUT2D eigenvalue weighted by atomic mass is 9.86. The van der Waals surface area contributed by atoms with Crippen molar-refractivity contribution >= 4 is 11.1 Å². The SMILES string of the molecule is CC(C)CC1=C(CCC2=C(CC(C)C)Cc3cccc(-c4ccc(C(F)(F)F)cc4)c32)c2c(cccc2-c2ccc(C(F)(F)F)cc2)C1. The zero-order chi connectivity index (χ0) is 34.4. The molecule has 0 spiro atoms. The van der Waals surface area contributed by atoms with E-state index < -0.39 is 23.5 Å². The van der Waals surface area contributed by atoms with Gasteiger partial charge in [0, 0.05) is 0 Å². The third-order valence-electron chi connectivity index (χ3n) is 9.55. The lowest BCUT2D eigenvalue weighted by molar-refractivity contribution is -0.138. The Bertz CT molecular complexity index is 1720. The minimum absolute atomic E-state index is 0.438. The summed E-state index contributed by atoms with van der Waals surface area (Å²) < 4.78 is 80.3. The molecule has 0 saturated heterocycles. The molecule has 0 radical (unpaired) electrons. The maximum atomic E-state index is 13.4. The summed E-state index contributed by atoms with van der Waals surface area (Å²) >= 11 is 0. The van der Waals surface area contributed by atoms with Gasteiger partial charge in [-0.15, -0.1) is 0 Å². The molecular formula is C42H40F6. The first kappa shape index (κ1) is 33.8. The zero-order valence-corrected chi connectivity index (χ0v) is 27.7. The fourth-order valence-electron chi connectivity index (χ4n) is 7.62. The van der Waals surface area contributed by atoms with Crippen molar-refractivity contribution in [3.05, 3.63) is 129 Å². The quantitative estimate of drug-likeness (QED) is 0.157. The first-order valence-corrected chi connectivity index (χ1v) is 16.7. The molecule has 250 valence electrons. The fraction of sp³-hybridized carbons (Fsp3) is 0.333. The molecule has 0 unspecified atom stereocenters. The molecule has 0 amide bonds. The van der Waals surface area contributed by atoms with Gasteiger partial charge in [-0.3, -0.25) is 0 Å². The number of hydrogen-bond acceptors (Lipinski definition) is 0. The molecule has 4 aromatic rings. The van der Waals surface area contributed by atoms with Gasteiger partial charge in [0.05, 0.1) is 11.1 Å². The van der Waals surface area contributed by atoms with Crippen LogP contribution in [0.15, 0.2) is 96.1 Å². The molecule has 0 N–H and O–H groups in total. The Hall–Kier alpha value is -4.06. The highest BCUT2D eigenvalue weighted by molar-refractivity contribution is 5.91. The van der Waals surface area contributed by atoms with Crippen LogP contribution in [-0.2, 0) is 25.2 Å². The van der Waals surface area contributed by atoms with Crippen molar-refractivity contribution in [3.8, 4) is 22.3 Å². The third kappa shape index (κ3) is 6.90. The molecule has 6 rings (SSSR count). The van der Waals surface area contributed by atoms with Gasteiger partial charge in [-0.1, -0.05) is 99.5 Å². The van der Waals surface area contributed by atoms with Gasteiger partial charge in [0.25, 0.3) is 0 Å². The van der Waals surface area contributed by atoms with Crippen molar-refractivity contribution in [2.75, 3.05) is 0 Å². The highest BCUT2D eigenvalue weighted by Crippen LogP contribution is 2.48. The summed E-state index contributed by atoms with van der Waals surface area (Å²) in [4.78, 5) is 0. The molecule has 2 aliphatic rings. The van der Waals surface area contributed by atoms with Crippen molar-refractivity contribution in [2.24, 2.45) is 11.8 Å². The molecule has 0 bridgehead atoms. The average Bonchev–Trinajstić information content (AvgIpc) is 3.55. The van der Waals surface area contributed by atoms with Crippen molar-refractivity contribution in [1.82, 2.24) is 0 Å². The van der Waals surface area contributed by atoms with Crippen LogP contribution in [0.5, 0.6) is 0 Å². The van der Waals surface area contributed by atoms with E-state index in [4.69, 9.17) is 0 Å². The molecule has 48 heavy (non-hydrogen) atoms. The summed E-state index contributed by atoms with van der Waals surface area (Å²) in [6.45, 7) is 8.82. The Morgan fingerprint density at radius 3 is 1.17 bits per heavy atom. The Morgan fingerprint density at radius 2 is 0.854 bits per heavy atom. The molecule has 0 atom stereocenters. The number of rotatable bonds is 9. The van der Waals surface area contributed by atoms with Gasteiger partial charge >= 0.3 is 12.4 Å². The lowest BCUT2D eigenvalue weighted by Gasteiger charge is -2.18. The van der Waals surface area contributed by atoms with Gasteiger partial charge in [-0.25, -0.2) is 0 Å². The van der Waals surface area contributed by atoms with Crippen molar-refractivity contribution in [2.45, 2.75) is 78.6 Å². The third-order valence-corrected chi connectivity index (χ3v) is 9.55. The monoisotopic (exact) mass is 658 g/mol. The van der Waals surface area contributed by atoms with E-state index in [0.717, 1.165) is 96.2 Å². The minimum Gasteiger partial charge on any atom is -0.166 e. The van der Waals surface area contributed by atoms with E-state index in [2.05, 4.69) is 39.8 Å². The lowest BCUT2D eigenvalue weighted by Crippen LogP contribution is -2.04. The number of halogens is 6. The van der Waals surface area contributed by atoms with E-state index >= 15 is 0 Å². The van der Waals surface area contributed by atoms with E-state index in [1.165, 1.54) is 33.4 Å². The first-order valence-electron chi connectivity index (χ1n) is 16.7. The maximum absolute atomic E-state index is 13.4. The second kappa shape index (κ2) is 13.1. The van der Waals surface area contributed by atoms with E-state index in [-0.39, 0.29) is 0 Å². The number of fused-ring (bicyclic) bond motifs is 2. The number of allylic oxidation sites excluding steroid dienone is 4. The largest absolute Gasteiger partial charge is 0.416 e. The molecule has 0 aromatic heterocycles. The Balaban J connectivity index is 1.41. The van der Waals surface area contributed by atoms with Crippen LogP contribution in [0.4, 0.5) is 26.3 Å². The summed E-state index contributed by atoms with van der Waals surface area (Å²) in [6.07, 6.45) is -3.75. The minimum atomic E-state index is -4.40. The van der Waals surface area contributed by atoms with Gasteiger partial charge in [0.1, 0.15) is 0 Å². The van der Waals surface area contributed by atoms with Crippen molar-refractivity contribution < 1.29 is 26.3 Å². The van der Waals surface area contributed by atoms with Gasteiger partial charge < -0.3 is 0 Å². The zero-order valence-electron chi connectivity index (χ0n) is 27.7. The average molecular weight is 659 g/mol. The fourth-order valence-corrected chi connectivity index (χ4v) is 7.62. The number of hydrogen-bond donors (Lipinski definition) is 0. The highest BCUT2D eigenvalue weighted by atomic mass is 19.4. The normalized spacial score (nSPS) is 14.8. The predicted molar refractivity (Wildman–Crippen MR) is 183 cm³/mol. The van der Waals surface area contributed by atoms with Crippen LogP contribution in [0.3, 0.4) is 0 Å². The second-order valence-electron chi connectivity index (χ2n) is 14.0. The molecule has 0 fully saturated rings. The predicted octanol–water partition coefficient (Wildman–Crippen LogP) is 13.3. The van der Waals surface area contributed by atoms with E-state index in [1.54, 1.807) is 24.3 Å². The van der Waals surface area contributed by atoms with Crippen molar-refractivity contribution in [1.29, 1.82) is 0 Å². The standard InChI is InChI=1S/C42H40F6/c1-25(2)21-31-23-29-7-5-9-35(27-11-15-33(16-12-27)41(43,44)45)39(29)37(31)19-20-38-32(22-26(3)4)24-30-8-6-10-36(40(30)38)28-13-17-34(18-14-28)42(46,47)48/h5-18,25-26H,19-24H2,1-4H3. The summed E-state index contributed by atoms with van der Waals surface area (Å²) in [5.74, 6) is 0.876. The van der Waals surface area contributed by atoms with Crippen LogP contribution in [0, 0.1) is 11.8 Å². The maximum Gasteiger partial charge on any atom is 0.416 e. The van der Waals surface area contributed by atoms with Crippen LogP contribution in [0.25, 0.3) is 33.4 Å². The number of alkyl halides is 6. The molecule has 0 saturated carbocycles. The van der Waals surface area contributed by atoms with Gasteiger partial charge in [0.2, 0.25) is 0 Å². The van der Waals surface area contributed by atoms with Gasteiger partial charge in [-0.2, -0.15) is 26.3 Å². The van der Waals surface area contributed by atoms with Crippen LogP contribution >= 0.6 is 0 Å². The number of benzene rings is 4. The Morgan fingerprint density at radius 1 is 0.500 bits per heavy atom. The van der Waals surface area contributed by atoms with E-state index in [1.807, 2.05) is 24.3 Å². The second-order valence-corrected chi connectivity index (χ2v) is 14.0. The molecule has 0 nitrogen and oxygen atoms in total. The van der Waals surface area contributed by atoms with E-state index in [9.17, 15) is 26.3 Å². The Kier molecular flexibility index (Phi) is 9.23. The van der Waals surface area contributed by atoms with Gasteiger partial charge in [0.15, 0.2) is 0 Å². The summed E-state index contributed by atoms with van der Waals surface area (Å²) in [5, 5.41) is 0. The molecule has 2 aliphatic carbocycles. The summed E-state index contributed by atoms with van der Waals surface area (Å²) in [5.41, 5.74) is 12.0. The molecular weight excluding hydrogens is 618 g/mol. The highest BCUT2D eigenvalue weighted by Gasteiger charge is 2.33. The van der Waals surface area contributed by atoms with Crippen molar-refractivity contribution in [3.63, 3.8) is 0 Å². The van der Waals surface area contributed by atoms with E-state index in [0.29, 0.717) is 11.8 Å². The van der Waals surface area contributed by atoms with Crippen LogP contribution < -0.4 is 0 Å². The molecule has 4 aromatic carbocycles. The summed E-state index contributed by atoms with van der Waals surface area (Å²) in [6, 6.07) is 23.2. The Labute approximate surface area is 279 Å². The topological polar surface area (TPSA) is 0 Å². The summed E-state index contributed by atoms with van der Waals surface area (Å²) in [7, 11) is 0. The molecule has 0 heterocycles. The van der Waals surface area contributed by atoms with Crippen LogP contribution in [-0.4, -0.2) is 0 Å². The van der Waals surface area contributed by atoms with Crippen LogP contribution in [0.1, 0.15) is 86.8 Å². The van der Waals surface area contributed by atoms with Gasteiger partial charge in [-0.05, 0) is 130 Å². The first-order chi connectivity index (χ1) is 22.7. The molecule has 6 heteroatoms. The smallest absolute Gasteiger partial charge is 0.166 e. The van der Waals surface area contributed by atoms with Crippen LogP contribution in [0.2, 0.25) is 0 Å². The molecule has 0 aliphatic heterocycles.